The van der Waals surface area contributed by atoms with Gasteiger partial charge in [-0.15, -0.1) is 5.10 Å². The van der Waals surface area contributed by atoms with Crippen molar-refractivity contribution in [2.75, 3.05) is 0 Å². The number of allylic oxidation sites excluding steroid dienone is 3. The molecule has 3 rings (SSSR count). The normalized spacial score (nSPS) is 19.3. The van der Waals surface area contributed by atoms with Crippen LogP contribution < -0.4 is 5.43 Å². The first kappa shape index (κ1) is 16.1. The van der Waals surface area contributed by atoms with E-state index in [1.807, 2.05) is 38.1 Å². The Bertz CT molecular complexity index is 846. The molecule has 0 bridgehead atoms. The van der Waals surface area contributed by atoms with Crippen LogP contribution in [0.5, 0.6) is 0 Å². The number of fused-ring (bicyclic) bond motifs is 1. The molecule has 0 saturated carbocycles. The molecule has 0 spiro atoms. The van der Waals surface area contributed by atoms with Gasteiger partial charge in [-0.25, -0.2) is 10.1 Å². The van der Waals surface area contributed by atoms with Gasteiger partial charge in [-0.05, 0) is 50.3 Å². The molecule has 0 radical (unpaired) electrons. The molecule has 24 heavy (non-hydrogen) atoms. The van der Waals surface area contributed by atoms with Gasteiger partial charge in [-0.2, -0.15) is 5.10 Å². The van der Waals surface area contributed by atoms with Gasteiger partial charge >= 0.3 is 0 Å². The van der Waals surface area contributed by atoms with Crippen molar-refractivity contribution in [3.63, 3.8) is 0 Å². The Morgan fingerprint density at radius 1 is 1.46 bits per heavy atom. The molecule has 124 valence electrons. The third-order valence-corrected chi connectivity index (χ3v) is 4.33. The number of hydrogen-bond donors (Lipinski definition) is 1. The molecule has 1 heterocycles. The van der Waals surface area contributed by atoms with E-state index in [2.05, 4.69) is 33.5 Å². The van der Waals surface area contributed by atoms with Crippen LogP contribution in [0, 0.1) is 5.92 Å². The third-order valence-electron chi connectivity index (χ3n) is 4.33. The molecular formula is C18H21N5O. The minimum atomic E-state index is -0.219. The zero-order valence-corrected chi connectivity index (χ0v) is 14.0. The Hall–Kier alpha value is -2.76. The Labute approximate surface area is 140 Å². The lowest BCUT2D eigenvalue weighted by Gasteiger charge is -2.22. The van der Waals surface area contributed by atoms with Crippen LogP contribution in [0.1, 0.15) is 26.7 Å². The Balaban J connectivity index is 1.67. The summed E-state index contributed by atoms with van der Waals surface area (Å²) in [4.78, 5) is 12.2. The van der Waals surface area contributed by atoms with Gasteiger partial charge in [0.05, 0.1) is 11.2 Å². The molecule has 1 aliphatic carbocycles. The summed E-state index contributed by atoms with van der Waals surface area (Å²) in [6.07, 6.45) is 3.95. The molecule has 1 atom stereocenters. The van der Waals surface area contributed by atoms with Gasteiger partial charge < -0.3 is 0 Å². The SMILES string of the molecule is C=C(C)[C@@H]1CC=C(C)/C(=N\NC(=O)Cn2nnc3ccccc32)C1. The number of hydrogen-bond acceptors (Lipinski definition) is 4. The maximum atomic E-state index is 12.2. The van der Waals surface area contributed by atoms with Crippen LogP contribution in [0.15, 0.2) is 53.2 Å². The predicted molar refractivity (Wildman–Crippen MR) is 94.4 cm³/mol. The minimum Gasteiger partial charge on any atom is -0.271 e. The summed E-state index contributed by atoms with van der Waals surface area (Å²) >= 11 is 0. The van der Waals surface area contributed by atoms with Crippen molar-refractivity contribution >= 4 is 22.7 Å². The lowest BCUT2D eigenvalue weighted by molar-refractivity contribution is -0.121. The second-order valence-electron chi connectivity index (χ2n) is 6.20. The summed E-state index contributed by atoms with van der Waals surface area (Å²) in [5.41, 5.74) is 7.40. The maximum Gasteiger partial charge on any atom is 0.261 e. The average Bonchev–Trinajstić information content (AvgIpc) is 2.97. The number of aromatic nitrogens is 3. The van der Waals surface area contributed by atoms with Gasteiger partial charge in [-0.1, -0.05) is 35.6 Å². The number of rotatable bonds is 4. The van der Waals surface area contributed by atoms with Crippen LogP contribution in [0.3, 0.4) is 0 Å². The van der Waals surface area contributed by atoms with Crippen LogP contribution in [-0.2, 0) is 11.3 Å². The highest BCUT2D eigenvalue weighted by molar-refractivity contribution is 6.01. The molecule has 1 N–H and O–H groups in total. The molecule has 1 aromatic heterocycles. The number of benzene rings is 1. The van der Waals surface area contributed by atoms with E-state index in [9.17, 15) is 4.79 Å². The van der Waals surface area contributed by atoms with Crippen molar-refractivity contribution in [3.8, 4) is 0 Å². The second kappa shape index (κ2) is 6.78. The highest BCUT2D eigenvalue weighted by Crippen LogP contribution is 2.26. The van der Waals surface area contributed by atoms with Crippen molar-refractivity contribution in [3.05, 3.63) is 48.1 Å². The summed E-state index contributed by atoms with van der Waals surface area (Å²) in [6, 6.07) is 7.54. The van der Waals surface area contributed by atoms with Crippen LogP contribution in [-0.4, -0.2) is 26.6 Å². The highest BCUT2D eigenvalue weighted by Gasteiger charge is 2.19. The van der Waals surface area contributed by atoms with Gasteiger partial charge in [0.15, 0.2) is 0 Å². The maximum absolute atomic E-state index is 12.2. The average molecular weight is 323 g/mol. The topological polar surface area (TPSA) is 72.2 Å². The Morgan fingerprint density at radius 2 is 2.25 bits per heavy atom. The van der Waals surface area contributed by atoms with Crippen molar-refractivity contribution in [2.45, 2.75) is 33.2 Å². The molecule has 6 heteroatoms. The number of para-hydroxylation sites is 1. The van der Waals surface area contributed by atoms with E-state index in [4.69, 9.17) is 0 Å². The van der Waals surface area contributed by atoms with Crippen LogP contribution >= 0.6 is 0 Å². The Morgan fingerprint density at radius 3 is 3.04 bits per heavy atom. The molecule has 0 aliphatic heterocycles. The molecule has 1 aliphatic rings. The Kier molecular flexibility index (Phi) is 4.55. The summed E-state index contributed by atoms with van der Waals surface area (Å²) in [5, 5.41) is 12.4. The zero-order valence-electron chi connectivity index (χ0n) is 14.0. The van der Waals surface area contributed by atoms with E-state index in [1.54, 1.807) is 4.68 Å². The number of carbonyl (C=O) groups is 1. The summed E-state index contributed by atoms with van der Waals surface area (Å²) in [7, 11) is 0. The first-order valence-electron chi connectivity index (χ1n) is 8.00. The number of nitrogens with zero attached hydrogens (tertiary/aromatic N) is 4. The molecule has 1 amide bonds. The largest absolute Gasteiger partial charge is 0.271 e. The zero-order chi connectivity index (χ0) is 17.1. The summed E-state index contributed by atoms with van der Waals surface area (Å²) < 4.78 is 1.57. The van der Waals surface area contributed by atoms with Crippen molar-refractivity contribution < 1.29 is 4.79 Å². The van der Waals surface area contributed by atoms with E-state index in [-0.39, 0.29) is 12.5 Å². The number of amides is 1. The van der Waals surface area contributed by atoms with Crippen LogP contribution in [0.4, 0.5) is 0 Å². The van der Waals surface area contributed by atoms with E-state index < -0.39 is 0 Å². The monoisotopic (exact) mass is 323 g/mol. The third kappa shape index (κ3) is 3.42. The van der Waals surface area contributed by atoms with Gasteiger partial charge in [0, 0.05) is 0 Å². The van der Waals surface area contributed by atoms with Gasteiger partial charge in [0.25, 0.3) is 5.91 Å². The number of hydrazone groups is 1. The van der Waals surface area contributed by atoms with E-state index >= 15 is 0 Å². The van der Waals surface area contributed by atoms with Crippen LogP contribution in [0.2, 0.25) is 0 Å². The lowest BCUT2D eigenvalue weighted by Crippen LogP contribution is -2.26. The second-order valence-corrected chi connectivity index (χ2v) is 6.20. The number of carbonyl (C=O) groups excluding carboxylic acids is 1. The van der Waals surface area contributed by atoms with Crippen LogP contribution in [0.25, 0.3) is 11.0 Å². The fraction of sp³-hybridized carbons (Fsp3) is 0.333. The van der Waals surface area contributed by atoms with Crippen molar-refractivity contribution in [1.29, 1.82) is 0 Å². The quantitative estimate of drug-likeness (QED) is 0.694. The molecule has 1 aromatic carbocycles. The molecule has 0 fully saturated rings. The summed E-state index contributed by atoms with van der Waals surface area (Å²) in [6.45, 7) is 8.16. The molecule has 6 nitrogen and oxygen atoms in total. The van der Waals surface area contributed by atoms with Gasteiger partial charge in [-0.3, -0.25) is 4.79 Å². The van der Waals surface area contributed by atoms with E-state index in [1.165, 1.54) is 0 Å². The smallest absolute Gasteiger partial charge is 0.261 e. The highest BCUT2D eigenvalue weighted by atomic mass is 16.2. The van der Waals surface area contributed by atoms with E-state index in [0.29, 0.717) is 5.92 Å². The van der Waals surface area contributed by atoms with Crippen molar-refractivity contribution in [2.24, 2.45) is 11.0 Å². The van der Waals surface area contributed by atoms with E-state index in [0.717, 1.165) is 40.7 Å². The molecule has 0 saturated heterocycles. The van der Waals surface area contributed by atoms with Crippen molar-refractivity contribution in [1.82, 2.24) is 20.4 Å². The number of nitrogens with one attached hydrogen (secondary N) is 1. The lowest BCUT2D eigenvalue weighted by atomic mass is 9.85. The summed E-state index contributed by atoms with van der Waals surface area (Å²) in [5.74, 6) is 0.173. The standard InChI is InChI=1S/C18H21N5O/c1-12(2)14-9-8-13(3)16(10-14)19-21-18(24)11-23-17-7-5-4-6-15(17)20-22-23/h4-8,14H,1,9-11H2,2-3H3,(H,21,24)/b19-16-/t14-/m1/s1. The molecular weight excluding hydrogens is 302 g/mol. The first-order chi connectivity index (χ1) is 11.5. The fourth-order valence-electron chi connectivity index (χ4n) is 2.76. The van der Waals surface area contributed by atoms with Gasteiger partial charge in [0.1, 0.15) is 12.1 Å². The minimum absolute atomic E-state index is 0.0873. The molecule has 0 unspecified atom stereocenters. The molecule has 2 aromatic rings. The predicted octanol–water partition coefficient (Wildman–Crippen LogP) is 2.84. The van der Waals surface area contributed by atoms with Gasteiger partial charge in [0.2, 0.25) is 0 Å². The first-order valence-corrected chi connectivity index (χ1v) is 8.00. The fourth-order valence-corrected chi connectivity index (χ4v) is 2.76.